The summed E-state index contributed by atoms with van der Waals surface area (Å²) in [6.07, 6.45) is 8.39. The van der Waals surface area contributed by atoms with Crippen molar-refractivity contribution in [2.24, 2.45) is 5.92 Å². The van der Waals surface area contributed by atoms with Gasteiger partial charge in [-0.25, -0.2) is 0 Å². The first-order chi connectivity index (χ1) is 9.04. The van der Waals surface area contributed by atoms with Crippen LogP contribution >= 0.6 is 0 Å². The van der Waals surface area contributed by atoms with Crippen molar-refractivity contribution in [2.45, 2.75) is 90.3 Å². The highest BCUT2D eigenvalue weighted by atomic mass is 28.3. The van der Waals surface area contributed by atoms with Crippen LogP contribution < -0.4 is 0 Å². The Bertz CT molecular complexity index is 260. The second-order valence-corrected chi connectivity index (χ2v) is 8.60. The Labute approximate surface area is 119 Å². The Morgan fingerprint density at radius 3 is 2.32 bits per heavy atom. The summed E-state index contributed by atoms with van der Waals surface area (Å²) in [6, 6.07) is 1.15. The summed E-state index contributed by atoms with van der Waals surface area (Å²) < 4.78 is 17.5. The zero-order chi connectivity index (χ0) is 13.8. The maximum atomic E-state index is 5.97. The van der Waals surface area contributed by atoms with Crippen molar-refractivity contribution in [1.29, 1.82) is 0 Å². The van der Waals surface area contributed by atoms with Crippen molar-refractivity contribution in [2.75, 3.05) is 0 Å². The van der Waals surface area contributed by atoms with Gasteiger partial charge in [0.05, 0.1) is 12.2 Å². The third-order valence-corrected chi connectivity index (χ3v) is 6.59. The molecule has 0 spiro atoms. The van der Waals surface area contributed by atoms with Crippen LogP contribution in [0.25, 0.3) is 0 Å². The van der Waals surface area contributed by atoms with Gasteiger partial charge in [0.25, 0.3) is 0 Å². The van der Waals surface area contributed by atoms with E-state index in [1.807, 2.05) is 0 Å². The Morgan fingerprint density at radius 2 is 1.74 bits per heavy atom. The predicted molar refractivity (Wildman–Crippen MR) is 79.6 cm³/mol. The molecule has 0 bridgehead atoms. The van der Waals surface area contributed by atoms with Gasteiger partial charge in [-0.05, 0) is 58.9 Å². The lowest BCUT2D eigenvalue weighted by Crippen LogP contribution is -2.29. The number of rotatable bonds is 8. The van der Waals surface area contributed by atoms with Crippen LogP contribution in [0.1, 0.15) is 59.8 Å². The monoisotopic (exact) mass is 286 g/mol. The molecule has 2 aliphatic rings. The van der Waals surface area contributed by atoms with Crippen molar-refractivity contribution < 1.29 is 13.6 Å². The Balaban J connectivity index is 1.63. The fraction of sp³-hybridized carbons (Fsp3) is 1.00. The van der Waals surface area contributed by atoms with Crippen LogP contribution in [0.15, 0.2) is 0 Å². The molecule has 19 heavy (non-hydrogen) atoms. The second-order valence-electron chi connectivity index (χ2n) is 6.62. The predicted octanol–water partition coefficient (Wildman–Crippen LogP) is 3.40. The van der Waals surface area contributed by atoms with Gasteiger partial charge >= 0.3 is 9.28 Å². The van der Waals surface area contributed by atoms with E-state index in [9.17, 15) is 0 Å². The Kier molecular flexibility index (Phi) is 5.87. The van der Waals surface area contributed by atoms with Gasteiger partial charge < -0.3 is 13.6 Å². The molecule has 0 amide bonds. The van der Waals surface area contributed by atoms with Crippen LogP contribution in [0.3, 0.4) is 0 Å². The number of hydrogen-bond acceptors (Lipinski definition) is 3. The van der Waals surface area contributed by atoms with Gasteiger partial charge in [-0.15, -0.1) is 0 Å². The summed E-state index contributed by atoms with van der Waals surface area (Å²) in [6.45, 7) is 8.43. The van der Waals surface area contributed by atoms with Gasteiger partial charge in [-0.2, -0.15) is 0 Å². The molecule has 3 unspecified atom stereocenters. The molecular formula is C15H30O3Si. The highest BCUT2D eigenvalue weighted by Gasteiger charge is 2.43. The van der Waals surface area contributed by atoms with Crippen molar-refractivity contribution in [1.82, 2.24) is 0 Å². The molecule has 3 nitrogen and oxygen atoms in total. The molecule has 1 aliphatic heterocycles. The molecule has 1 aliphatic carbocycles. The van der Waals surface area contributed by atoms with Crippen molar-refractivity contribution in [3.63, 3.8) is 0 Å². The molecule has 2 fully saturated rings. The van der Waals surface area contributed by atoms with Gasteiger partial charge in [0.2, 0.25) is 0 Å². The minimum atomic E-state index is -1.46. The second kappa shape index (κ2) is 7.20. The number of epoxide rings is 1. The van der Waals surface area contributed by atoms with Crippen molar-refractivity contribution >= 4 is 9.28 Å². The number of fused-ring (bicyclic) bond motifs is 1. The molecule has 0 aromatic rings. The standard InChI is InChI=1S/C15H30O3Si/c1-11(2)17-19(18-12(3)4)9-5-6-13-7-8-14-15(10-13)16-14/h11-15,19H,5-10H2,1-4H3. The minimum Gasteiger partial charge on any atom is -0.394 e. The van der Waals surface area contributed by atoms with Crippen LogP contribution in [-0.4, -0.2) is 33.7 Å². The summed E-state index contributed by atoms with van der Waals surface area (Å²) in [5.41, 5.74) is 0. The molecule has 4 heteroatoms. The highest BCUT2D eigenvalue weighted by Crippen LogP contribution is 2.41. The first-order valence-electron chi connectivity index (χ1n) is 8.01. The largest absolute Gasteiger partial charge is 0.394 e. The Morgan fingerprint density at radius 1 is 1.05 bits per heavy atom. The Hall–Kier alpha value is 0.0969. The van der Waals surface area contributed by atoms with Gasteiger partial charge in [-0.1, -0.05) is 12.8 Å². The first kappa shape index (κ1) is 15.5. The van der Waals surface area contributed by atoms with E-state index in [0.29, 0.717) is 24.4 Å². The lowest BCUT2D eigenvalue weighted by molar-refractivity contribution is 0.129. The average Bonchev–Trinajstić information content (AvgIpc) is 3.05. The topological polar surface area (TPSA) is 31.0 Å². The van der Waals surface area contributed by atoms with Crippen LogP contribution in [0.2, 0.25) is 6.04 Å². The van der Waals surface area contributed by atoms with E-state index in [1.54, 1.807) is 0 Å². The van der Waals surface area contributed by atoms with Crippen molar-refractivity contribution in [3.05, 3.63) is 0 Å². The summed E-state index contributed by atoms with van der Waals surface area (Å²) in [4.78, 5) is 0. The summed E-state index contributed by atoms with van der Waals surface area (Å²) in [7, 11) is -1.46. The minimum absolute atomic E-state index is 0.297. The molecule has 0 aromatic carbocycles. The number of hydrogen-bond donors (Lipinski definition) is 0. The molecule has 0 radical (unpaired) electrons. The highest BCUT2D eigenvalue weighted by molar-refractivity contribution is 6.44. The first-order valence-corrected chi connectivity index (χ1v) is 9.77. The lowest BCUT2D eigenvalue weighted by Gasteiger charge is -2.23. The third-order valence-electron chi connectivity index (χ3n) is 4.01. The molecule has 0 aromatic heterocycles. The third kappa shape index (κ3) is 5.54. The number of ether oxygens (including phenoxy) is 1. The summed E-state index contributed by atoms with van der Waals surface area (Å²) in [5.74, 6) is 0.886. The van der Waals surface area contributed by atoms with E-state index in [2.05, 4.69) is 27.7 Å². The molecule has 1 saturated heterocycles. The molecule has 2 rings (SSSR count). The summed E-state index contributed by atoms with van der Waals surface area (Å²) in [5, 5.41) is 0. The van der Waals surface area contributed by atoms with Gasteiger partial charge in [0.1, 0.15) is 0 Å². The SMILES string of the molecule is CC(C)O[SiH](CCCC1CCC2OC2C1)OC(C)C. The van der Waals surface area contributed by atoms with Crippen LogP contribution in [-0.2, 0) is 13.6 Å². The lowest BCUT2D eigenvalue weighted by atomic mass is 9.86. The quantitative estimate of drug-likeness (QED) is 0.506. The molecule has 0 N–H and O–H groups in total. The average molecular weight is 286 g/mol. The zero-order valence-electron chi connectivity index (χ0n) is 12.9. The van der Waals surface area contributed by atoms with E-state index in [1.165, 1.54) is 32.1 Å². The van der Waals surface area contributed by atoms with E-state index in [-0.39, 0.29) is 0 Å². The van der Waals surface area contributed by atoms with Crippen LogP contribution in [0.4, 0.5) is 0 Å². The fourth-order valence-corrected chi connectivity index (χ4v) is 5.22. The van der Waals surface area contributed by atoms with Crippen LogP contribution in [0, 0.1) is 5.92 Å². The molecule has 112 valence electrons. The molecular weight excluding hydrogens is 256 g/mol. The maximum Gasteiger partial charge on any atom is 0.321 e. The molecule has 3 atom stereocenters. The van der Waals surface area contributed by atoms with Crippen LogP contribution in [0.5, 0.6) is 0 Å². The molecule has 1 saturated carbocycles. The summed E-state index contributed by atoms with van der Waals surface area (Å²) >= 11 is 0. The van der Waals surface area contributed by atoms with Gasteiger partial charge in [0.15, 0.2) is 0 Å². The van der Waals surface area contributed by atoms with E-state index < -0.39 is 9.28 Å². The fourth-order valence-electron chi connectivity index (χ4n) is 3.10. The zero-order valence-corrected chi connectivity index (χ0v) is 14.1. The van der Waals surface area contributed by atoms with E-state index >= 15 is 0 Å². The van der Waals surface area contributed by atoms with E-state index in [4.69, 9.17) is 13.6 Å². The maximum absolute atomic E-state index is 5.97. The van der Waals surface area contributed by atoms with Crippen molar-refractivity contribution in [3.8, 4) is 0 Å². The smallest absolute Gasteiger partial charge is 0.321 e. The molecule has 1 heterocycles. The van der Waals surface area contributed by atoms with Gasteiger partial charge in [-0.3, -0.25) is 0 Å². The van der Waals surface area contributed by atoms with Gasteiger partial charge in [0, 0.05) is 12.2 Å². The normalized spacial score (nSPS) is 30.2. The van der Waals surface area contributed by atoms with E-state index in [0.717, 1.165) is 12.0 Å².